The Labute approximate surface area is 122 Å². The van der Waals surface area contributed by atoms with E-state index >= 15 is 0 Å². The molecule has 0 aliphatic carbocycles. The van der Waals surface area contributed by atoms with Gasteiger partial charge in [-0.1, -0.05) is 32.2 Å². The fourth-order valence-corrected chi connectivity index (χ4v) is 1.59. The van der Waals surface area contributed by atoms with Gasteiger partial charge < -0.3 is 10.4 Å². The van der Waals surface area contributed by atoms with Crippen molar-refractivity contribution in [2.45, 2.75) is 52.1 Å². The standard InChI is InChI=1S/C17H27NO2/c1-7-14(10-11-15(20)8-2)12-16(13(4)19)18-17(5,6)9-3/h7-8,10-11,16,18,20H,1-2,9,12H2,3-6H3/b14-10+,15-11+. The molecular formula is C17H27NO2. The number of carbonyl (C=O) groups excluding carboxylic acids is 1. The zero-order valence-electron chi connectivity index (χ0n) is 13.1. The third-order valence-corrected chi connectivity index (χ3v) is 3.32. The van der Waals surface area contributed by atoms with E-state index in [2.05, 4.69) is 39.2 Å². The molecule has 0 spiro atoms. The van der Waals surface area contributed by atoms with Crippen molar-refractivity contribution < 1.29 is 9.90 Å². The summed E-state index contributed by atoms with van der Waals surface area (Å²) in [6, 6.07) is -0.256. The van der Waals surface area contributed by atoms with Crippen LogP contribution in [0.15, 0.2) is 48.8 Å². The molecule has 0 bridgehead atoms. The number of aliphatic hydroxyl groups excluding tert-OH is 1. The first-order chi connectivity index (χ1) is 9.25. The Bertz CT molecular complexity index is 417. The van der Waals surface area contributed by atoms with E-state index in [9.17, 15) is 9.90 Å². The Morgan fingerprint density at radius 3 is 2.30 bits per heavy atom. The highest BCUT2D eigenvalue weighted by Gasteiger charge is 2.23. The monoisotopic (exact) mass is 277 g/mol. The summed E-state index contributed by atoms with van der Waals surface area (Å²) < 4.78 is 0. The smallest absolute Gasteiger partial charge is 0.147 e. The largest absolute Gasteiger partial charge is 0.508 e. The van der Waals surface area contributed by atoms with E-state index in [0.717, 1.165) is 12.0 Å². The first-order valence-electron chi connectivity index (χ1n) is 6.88. The van der Waals surface area contributed by atoms with Crippen molar-refractivity contribution in [2.75, 3.05) is 0 Å². The third kappa shape index (κ3) is 7.10. The van der Waals surface area contributed by atoms with Gasteiger partial charge in [-0.15, -0.1) is 0 Å². The molecule has 0 rings (SSSR count). The molecule has 2 N–H and O–H groups in total. The summed E-state index contributed by atoms with van der Waals surface area (Å²) in [7, 11) is 0. The van der Waals surface area contributed by atoms with E-state index in [1.54, 1.807) is 25.2 Å². The molecule has 0 aliphatic rings. The Morgan fingerprint density at radius 2 is 1.90 bits per heavy atom. The van der Waals surface area contributed by atoms with Gasteiger partial charge in [0.25, 0.3) is 0 Å². The van der Waals surface area contributed by atoms with Gasteiger partial charge in [0.05, 0.1) is 6.04 Å². The molecule has 0 saturated heterocycles. The highest BCUT2D eigenvalue weighted by molar-refractivity contribution is 5.82. The van der Waals surface area contributed by atoms with Crippen molar-refractivity contribution >= 4 is 5.78 Å². The van der Waals surface area contributed by atoms with Crippen LogP contribution in [0.1, 0.15) is 40.5 Å². The highest BCUT2D eigenvalue weighted by Crippen LogP contribution is 2.15. The van der Waals surface area contributed by atoms with Crippen LogP contribution >= 0.6 is 0 Å². The maximum atomic E-state index is 11.8. The fourth-order valence-electron chi connectivity index (χ4n) is 1.59. The second kappa shape index (κ2) is 8.54. The number of aliphatic hydroxyl groups is 1. The van der Waals surface area contributed by atoms with E-state index in [4.69, 9.17) is 0 Å². The zero-order chi connectivity index (χ0) is 15.8. The first-order valence-corrected chi connectivity index (χ1v) is 6.88. The molecule has 1 atom stereocenters. The molecule has 0 radical (unpaired) electrons. The molecule has 0 aromatic heterocycles. The number of carbonyl (C=O) groups is 1. The lowest BCUT2D eigenvalue weighted by atomic mass is 9.96. The summed E-state index contributed by atoms with van der Waals surface area (Å²) >= 11 is 0. The minimum atomic E-state index is -0.256. The SMILES string of the molecule is C=C/C(=C\C=C(\O)C=C)CC(NC(C)(C)CC)C(C)=O. The lowest BCUT2D eigenvalue weighted by molar-refractivity contribution is -0.119. The molecule has 3 heteroatoms. The summed E-state index contributed by atoms with van der Waals surface area (Å²) in [5.74, 6) is 0.182. The maximum Gasteiger partial charge on any atom is 0.147 e. The number of allylic oxidation sites excluding steroid dienone is 4. The second-order valence-corrected chi connectivity index (χ2v) is 5.49. The molecule has 0 saturated carbocycles. The van der Waals surface area contributed by atoms with Gasteiger partial charge in [-0.25, -0.2) is 0 Å². The van der Waals surface area contributed by atoms with Crippen molar-refractivity contribution in [3.8, 4) is 0 Å². The molecule has 3 nitrogen and oxygen atoms in total. The predicted octanol–water partition coefficient (Wildman–Crippen LogP) is 3.85. The van der Waals surface area contributed by atoms with E-state index < -0.39 is 0 Å². The van der Waals surface area contributed by atoms with Crippen LogP contribution in [0.3, 0.4) is 0 Å². The fraction of sp³-hybridized carbons (Fsp3) is 0.471. The van der Waals surface area contributed by atoms with E-state index in [0.29, 0.717) is 6.42 Å². The molecule has 20 heavy (non-hydrogen) atoms. The molecule has 0 amide bonds. The zero-order valence-corrected chi connectivity index (χ0v) is 13.1. The van der Waals surface area contributed by atoms with Crippen molar-refractivity contribution in [3.63, 3.8) is 0 Å². The summed E-state index contributed by atoms with van der Waals surface area (Å²) in [6.45, 7) is 15.0. The molecule has 0 fully saturated rings. The molecule has 0 aliphatic heterocycles. The molecular weight excluding hydrogens is 250 g/mol. The van der Waals surface area contributed by atoms with Crippen LogP contribution in [0, 0.1) is 0 Å². The van der Waals surface area contributed by atoms with Gasteiger partial charge in [0.1, 0.15) is 11.5 Å². The van der Waals surface area contributed by atoms with E-state index in [1.165, 1.54) is 6.08 Å². The van der Waals surface area contributed by atoms with Gasteiger partial charge in [0.2, 0.25) is 0 Å². The number of nitrogens with one attached hydrogen (secondary N) is 1. The van der Waals surface area contributed by atoms with Crippen LogP contribution < -0.4 is 5.32 Å². The second-order valence-electron chi connectivity index (χ2n) is 5.49. The Hall–Kier alpha value is -1.61. The van der Waals surface area contributed by atoms with Crippen molar-refractivity contribution in [1.82, 2.24) is 5.32 Å². The lowest BCUT2D eigenvalue weighted by Crippen LogP contribution is -2.48. The normalized spacial score (nSPS) is 14.8. The van der Waals surface area contributed by atoms with Crippen LogP contribution in [0.25, 0.3) is 0 Å². The molecule has 0 heterocycles. The van der Waals surface area contributed by atoms with Gasteiger partial charge in [-0.3, -0.25) is 4.79 Å². The van der Waals surface area contributed by atoms with E-state index in [-0.39, 0.29) is 23.1 Å². The van der Waals surface area contributed by atoms with Crippen LogP contribution in [0.2, 0.25) is 0 Å². The number of Topliss-reactive ketones (excluding diaryl/α,β-unsaturated/α-hetero) is 1. The Kier molecular flexibility index (Phi) is 7.85. The predicted molar refractivity (Wildman–Crippen MR) is 85.8 cm³/mol. The van der Waals surface area contributed by atoms with Gasteiger partial charge >= 0.3 is 0 Å². The average Bonchev–Trinajstić information content (AvgIpc) is 2.41. The Morgan fingerprint density at radius 1 is 1.30 bits per heavy atom. The van der Waals surface area contributed by atoms with Crippen LogP contribution in [0.4, 0.5) is 0 Å². The molecule has 0 aromatic rings. The van der Waals surface area contributed by atoms with Gasteiger partial charge in [-0.05, 0) is 51.3 Å². The maximum absolute atomic E-state index is 11.8. The Balaban J connectivity index is 5.01. The van der Waals surface area contributed by atoms with Gasteiger partial charge in [-0.2, -0.15) is 0 Å². The van der Waals surface area contributed by atoms with Crippen molar-refractivity contribution in [1.29, 1.82) is 0 Å². The lowest BCUT2D eigenvalue weighted by Gasteiger charge is -2.30. The highest BCUT2D eigenvalue weighted by atomic mass is 16.3. The average molecular weight is 277 g/mol. The van der Waals surface area contributed by atoms with Gasteiger partial charge in [0.15, 0.2) is 0 Å². The van der Waals surface area contributed by atoms with Crippen LogP contribution in [-0.4, -0.2) is 22.5 Å². The minimum Gasteiger partial charge on any atom is -0.508 e. The van der Waals surface area contributed by atoms with Gasteiger partial charge in [0, 0.05) is 5.54 Å². The van der Waals surface area contributed by atoms with Crippen molar-refractivity contribution in [3.05, 3.63) is 48.8 Å². The summed E-state index contributed by atoms with van der Waals surface area (Å²) in [6.07, 6.45) is 7.83. The summed E-state index contributed by atoms with van der Waals surface area (Å²) in [4.78, 5) is 11.8. The third-order valence-electron chi connectivity index (χ3n) is 3.32. The number of rotatable bonds is 9. The minimum absolute atomic E-state index is 0.0885. The van der Waals surface area contributed by atoms with Crippen LogP contribution in [-0.2, 0) is 4.79 Å². The summed E-state index contributed by atoms with van der Waals surface area (Å²) in [5.41, 5.74) is 0.792. The van der Waals surface area contributed by atoms with Crippen LogP contribution in [0.5, 0.6) is 0 Å². The van der Waals surface area contributed by atoms with E-state index in [1.807, 2.05) is 0 Å². The molecule has 112 valence electrons. The number of hydrogen-bond acceptors (Lipinski definition) is 3. The first kappa shape index (κ1) is 18.4. The topological polar surface area (TPSA) is 49.3 Å². The molecule has 0 aromatic carbocycles. The van der Waals surface area contributed by atoms with Crippen molar-refractivity contribution in [2.24, 2.45) is 0 Å². The quantitative estimate of drug-likeness (QED) is 0.497. The molecule has 1 unspecified atom stereocenters. The number of hydrogen-bond donors (Lipinski definition) is 2. The number of ketones is 1. The summed E-state index contributed by atoms with van der Waals surface area (Å²) in [5, 5.41) is 12.7.